The highest BCUT2D eigenvalue weighted by Crippen LogP contribution is 2.13. The highest BCUT2D eigenvalue weighted by molar-refractivity contribution is 6.29. The third-order valence-electron chi connectivity index (χ3n) is 2.06. The fraction of sp³-hybridized carbons (Fsp3) is 0.500. The Morgan fingerprint density at radius 2 is 2.19 bits per heavy atom. The molecule has 0 radical (unpaired) electrons. The molecule has 0 unspecified atom stereocenters. The fourth-order valence-electron chi connectivity index (χ4n) is 1.20. The Morgan fingerprint density at radius 3 is 2.69 bits per heavy atom. The summed E-state index contributed by atoms with van der Waals surface area (Å²) in [5.41, 5.74) is 0. The number of aromatic nitrogens is 2. The Labute approximate surface area is 99.2 Å². The Balaban J connectivity index is 2.79. The summed E-state index contributed by atoms with van der Waals surface area (Å²) in [6.07, 6.45) is 1.33. The van der Waals surface area contributed by atoms with Crippen LogP contribution in [0, 0.1) is 5.92 Å². The van der Waals surface area contributed by atoms with E-state index in [1.165, 1.54) is 13.4 Å². The average molecular weight is 244 g/mol. The number of anilines is 1. The summed E-state index contributed by atoms with van der Waals surface area (Å²) < 4.78 is 4.70. The second-order valence-electron chi connectivity index (χ2n) is 3.62. The van der Waals surface area contributed by atoms with Gasteiger partial charge in [-0.25, -0.2) is 14.8 Å². The fourth-order valence-corrected chi connectivity index (χ4v) is 1.34. The molecule has 1 rings (SSSR count). The van der Waals surface area contributed by atoms with Crippen LogP contribution in [-0.4, -0.2) is 29.1 Å². The molecule has 16 heavy (non-hydrogen) atoms. The first kappa shape index (κ1) is 12.7. The molecule has 1 heterocycles. The molecule has 0 saturated carbocycles. The van der Waals surface area contributed by atoms with E-state index in [1.54, 1.807) is 6.07 Å². The molecule has 1 aromatic rings. The van der Waals surface area contributed by atoms with Gasteiger partial charge in [0.1, 0.15) is 23.3 Å². The first-order valence-electron chi connectivity index (χ1n) is 4.86. The number of esters is 1. The topological polar surface area (TPSA) is 64.1 Å². The number of carbonyl (C=O) groups excluding carboxylic acids is 1. The molecule has 6 heteroatoms. The molecule has 0 aliphatic heterocycles. The predicted octanol–water partition coefficient (Wildman–Crippen LogP) is 1.74. The number of nitrogens with zero attached hydrogens (tertiary/aromatic N) is 2. The van der Waals surface area contributed by atoms with Gasteiger partial charge in [0.15, 0.2) is 0 Å². The first-order valence-corrected chi connectivity index (χ1v) is 5.24. The normalized spacial score (nSPS) is 12.3. The molecule has 0 amide bonds. The zero-order valence-corrected chi connectivity index (χ0v) is 10.2. The van der Waals surface area contributed by atoms with E-state index in [-0.39, 0.29) is 11.9 Å². The highest BCUT2D eigenvalue weighted by atomic mass is 35.5. The summed E-state index contributed by atoms with van der Waals surface area (Å²) >= 11 is 5.71. The van der Waals surface area contributed by atoms with Gasteiger partial charge in [0.05, 0.1) is 7.11 Å². The number of rotatable bonds is 4. The van der Waals surface area contributed by atoms with E-state index in [1.807, 2.05) is 13.8 Å². The van der Waals surface area contributed by atoms with Gasteiger partial charge in [-0.1, -0.05) is 25.4 Å². The van der Waals surface area contributed by atoms with Crippen LogP contribution in [0.1, 0.15) is 13.8 Å². The van der Waals surface area contributed by atoms with Gasteiger partial charge in [-0.05, 0) is 5.92 Å². The summed E-state index contributed by atoms with van der Waals surface area (Å²) in [5.74, 6) is 0.259. The van der Waals surface area contributed by atoms with E-state index >= 15 is 0 Å². The van der Waals surface area contributed by atoms with Gasteiger partial charge in [-0.3, -0.25) is 0 Å². The summed E-state index contributed by atoms with van der Waals surface area (Å²) in [6, 6.07) is 1.11. The lowest BCUT2D eigenvalue weighted by atomic mass is 10.1. The van der Waals surface area contributed by atoms with Crippen molar-refractivity contribution >= 4 is 23.4 Å². The van der Waals surface area contributed by atoms with Crippen molar-refractivity contribution in [3.8, 4) is 0 Å². The van der Waals surface area contributed by atoms with E-state index < -0.39 is 6.04 Å². The van der Waals surface area contributed by atoms with Crippen LogP contribution in [0.3, 0.4) is 0 Å². The average Bonchev–Trinajstić information content (AvgIpc) is 2.24. The quantitative estimate of drug-likeness (QED) is 0.645. The Morgan fingerprint density at radius 1 is 1.50 bits per heavy atom. The number of methoxy groups -OCH3 is 1. The number of carbonyl (C=O) groups is 1. The van der Waals surface area contributed by atoms with Crippen molar-refractivity contribution in [3.63, 3.8) is 0 Å². The van der Waals surface area contributed by atoms with Gasteiger partial charge in [0.2, 0.25) is 0 Å². The van der Waals surface area contributed by atoms with Crippen LogP contribution in [0.5, 0.6) is 0 Å². The van der Waals surface area contributed by atoms with Crippen LogP contribution in [-0.2, 0) is 9.53 Å². The van der Waals surface area contributed by atoms with Crippen LogP contribution in [0.2, 0.25) is 5.15 Å². The lowest BCUT2D eigenvalue weighted by Crippen LogP contribution is -2.35. The van der Waals surface area contributed by atoms with Crippen LogP contribution in [0.15, 0.2) is 12.4 Å². The number of hydrogen-bond donors (Lipinski definition) is 1. The standard InChI is InChI=1S/C10H14ClN3O2/c1-6(2)9(10(15)16-3)14-8-4-7(11)12-5-13-8/h4-6,9H,1-3H3,(H,12,13,14)/t9-/m1/s1. The Kier molecular flexibility index (Phi) is 4.49. The molecule has 0 fully saturated rings. The lowest BCUT2D eigenvalue weighted by molar-refractivity contribution is -0.142. The SMILES string of the molecule is COC(=O)[C@H](Nc1cc(Cl)ncn1)C(C)C. The molecule has 88 valence electrons. The molecule has 0 aliphatic carbocycles. The van der Waals surface area contributed by atoms with Crippen molar-refractivity contribution in [1.29, 1.82) is 0 Å². The van der Waals surface area contributed by atoms with Gasteiger partial charge < -0.3 is 10.1 Å². The maximum Gasteiger partial charge on any atom is 0.328 e. The molecule has 0 spiro atoms. The molecule has 1 atom stereocenters. The lowest BCUT2D eigenvalue weighted by Gasteiger charge is -2.20. The van der Waals surface area contributed by atoms with Crippen LogP contribution in [0.4, 0.5) is 5.82 Å². The van der Waals surface area contributed by atoms with E-state index in [0.29, 0.717) is 11.0 Å². The largest absolute Gasteiger partial charge is 0.467 e. The summed E-state index contributed by atoms with van der Waals surface area (Å²) in [5, 5.41) is 3.28. The molecule has 0 aromatic carbocycles. The van der Waals surface area contributed by atoms with E-state index in [2.05, 4.69) is 15.3 Å². The molecule has 0 bridgehead atoms. The smallest absolute Gasteiger partial charge is 0.328 e. The number of halogens is 1. The van der Waals surface area contributed by atoms with Crippen molar-refractivity contribution in [1.82, 2.24) is 9.97 Å². The molecule has 1 N–H and O–H groups in total. The summed E-state index contributed by atoms with van der Waals surface area (Å²) in [6.45, 7) is 3.83. The van der Waals surface area contributed by atoms with Crippen molar-refractivity contribution < 1.29 is 9.53 Å². The van der Waals surface area contributed by atoms with Crippen LogP contribution in [0.25, 0.3) is 0 Å². The van der Waals surface area contributed by atoms with Crippen molar-refractivity contribution in [3.05, 3.63) is 17.5 Å². The maximum atomic E-state index is 11.5. The monoisotopic (exact) mass is 243 g/mol. The van der Waals surface area contributed by atoms with Crippen LogP contribution >= 0.6 is 11.6 Å². The van der Waals surface area contributed by atoms with E-state index in [0.717, 1.165) is 0 Å². The van der Waals surface area contributed by atoms with Gasteiger partial charge in [0.25, 0.3) is 0 Å². The Bertz CT molecular complexity index is 371. The second kappa shape index (κ2) is 5.65. The molecule has 0 aliphatic rings. The maximum absolute atomic E-state index is 11.5. The zero-order valence-electron chi connectivity index (χ0n) is 9.40. The van der Waals surface area contributed by atoms with Gasteiger partial charge in [-0.2, -0.15) is 0 Å². The van der Waals surface area contributed by atoms with Crippen molar-refractivity contribution in [2.45, 2.75) is 19.9 Å². The minimum Gasteiger partial charge on any atom is -0.467 e. The first-order chi connectivity index (χ1) is 7.54. The third kappa shape index (κ3) is 3.34. The molecule has 5 nitrogen and oxygen atoms in total. The van der Waals surface area contributed by atoms with Crippen molar-refractivity contribution in [2.24, 2.45) is 5.92 Å². The number of hydrogen-bond acceptors (Lipinski definition) is 5. The predicted molar refractivity (Wildman–Crippen MR) is 61.3 cm³/mol. The van der Waals surface area contributed by atoms with Crippen molar-refractivity contribution in [2.75, 3.05) is 12.4 Å². The zero-order chi connectivity index (χ0) is 12.1. The molecular formula is C10H14ClN3O2. The minimum absolute atomic E-state index is 0.0844. The summed E-state index contributed by atoms with van der Waals surface area (Å²) in [4.78, 5) is 19.2. The van der Waals surface area contributed by atoms with Gasteiger partial charge in [0, 0.05) is 6.07 Å². The van der Waals surface area contributed by atoms with Gasteiger partial charge >= 0.3 is 5.97 Å². The minimum atomic E-state index is -0.448. The molecule has 1 aromatic heterocycles. The number of nitrogens with one attached hydrogen (secondary N) is 1. The molecular weight excluding hydrogens is 230 g/mol. The third-order valence-corrected chi connectivity index (χ3v) is 2.27. The highest BCUT2D eigenvalue weighted by Gasteiger charge is 2.23. The Hall–Kier alpha value is -1.36. The number of ether oxygens (including phenoxy) is 1. The molecule has 0 saturated heterocycles. The van der Waals surface area contributed by atoms with Gasteiger partial charge in [-0.15, -0.1) is 0 Å². The van der Waals surface area contributed by atoms with E-state index in [9.17, 15) is 4.79 Å². The summed E-state index contributed by atoms with van der Waals surface area (Å²) in [7, 11) is 1.35. The van der Waals surface area contributed by atoms with Crippen LogP contribution < -0.4 is 5.32 Å². The second-order valence-corrected chi connectivity index (χ2v) is 4.00. The van der Waals surface area contributed by atoms with E-state index in [4.69, 9.17) is 16.3 Å².